The molecule has 6 N–H and O–H groups in total. The molecule has 36 heavy (non-hydrogen) atoms. The fourth-order valence-corrected chi connectivity index (χ4v) is 4.47. The van der Waals surface area contributed by atoms with E-state index >= 15 is 0 Å². The Labute approximate surface area is 211 Å². The molecule has 0 spiro atoms. The number of methoxy groups -OCH3 is 1. The summed E-state index contributed by atoms with van der Waals surface area (Å²) in [6.45, 7) is 2.57. The van der Waals surface area contributed by atoms with Crippen molar-refractivity contribution in [1.29, 1.82) is 0 Å². The van der Waals surface area contributed by atoms with Crippen LogP contribution in [0.25, 0.3) is 11.1 Å². The van der Waals surface area contributed by atoms with E-state index in [1.165, 1.54) is 23.3 Å². The van der Waals surface area contributed by atoms with Gasteiger partial charge in [0.05, 0.1) is 18.8 Å². The number of aliphatic hydroxyl groups is 1. The zero-order chi connectivity index (χ0) is 26.2. The van der Waals surface area contributed by atoms with Gasteiger partial charge in [0.25, 0.3) is 0 Å². The van der Waals surface area contributed by atoms with E-state index in [0.717, 1.165) is 19.4 Å². The van der Waals surface area contributed by atoms with E-state index in [1.807, 2.05) is 6.92 Å². The fourth-order valence-electron chi connectivity index (χ4n) is 4.47. The molecule has 1 aromatic carbocycles. The molecule has 9 nitrogen and oxygen atoms in total. The molecule has 2 heterocycles. The lowest BCUT2D eigenvalue weighted by molar-refractivity contribution is -0.189. The molecule has 10 heteroatoms. The molecule has 0 radical (unpaired) electrons. The Balaban J connectivity index is 1.57. The minimum atomic E-state index is -0.474. The number of rotatable bonds is 11. The number of benzene rings is 1. The largest absolute Gasteiger partial charge is 0.401 e. The number of pyridine rings is 1. The van der Waals surface area contributed by atoms with Crippen LogP contribution in [0.15, 0.2) is 53.2 Å². The number of ether oxygens (including phenoxy) is 2. The molecule has 0 bridgehead atoms. The van der Waals surface area contributed by atoms with Crippen molar-refractivity contribution in [3.05, 3.63) is 70.2 Å². The summed E-state index contributed by atoms with van der Waals surface area (Å²) in [6.07, 6.45) is 5.69. The first-order valence-corrected chi connectivity index (χ1v) is 12.2. The number of hydrazine groups is 1. The lowest BCUT2D eigenvalue weighted by Crippen LogP contribution is -2.44. The van der Waals surface area contributed by atoms with Crippen molar-refractivity contribution in [2.24, 2.45) is 11.6 Å². The predicted octanol–water partition coefficient (Wildman–Crippen LogP) is 1.92. The van der Waals surface area contributed by atoms with E-state index < -0.39 is 11.9 Å². The number of aliphatic hydroxyl groups excluding tert-OH is 1. The second-order valence-electron chi connectivity index (χ2n) is 9.42. The van der Waals surface area contributed by atoms with Gasteiger partial charge in [-0.15, -0.1) is 0 Å². The SMILES string of the molecule is CO[C@H]1C[C@@H](N(C)CC/C(N)=C/N(N)[C@H](CO)Cc2ccc(-c3ccc(=O)[nH]c3)c(F)c2)C[C@@H](C)O1. The molecule has 3 rings (SSSR count). The number of nitrogens with one attached hydrogen (secondary N) is 1. The Hall–Kier alpha value is -2.76. The van der Waals surface area contributed by atoms with Crippen LogP contribution in [0.3, 0.4) is 0 Å². The third-order valence-electron chi connectivity index (χ3n) is 6.64. The van der Waals surface area contributed by atoms with Gasteiger partial charge in [-0.1, -0.05) is 12.1 Å². The molecule has 1 aromatic heterocycles. The Morgan fingerprint density at radius 2 is 2.14 bits per heavy atom. The number of hydrogen-bond donors (Lipinski definition) is 4. The molecule has 1 aliphatic rings. The van der Waals surface area contributed by atoms with Gasteiger partial charge in [0.1, 0.15) is 5.82 Å². The van der Waals surface area contributed by atoms with Gasteiger partial charge < -0.3 is 35.2 Å². The maximum atomic E-state index is 14.8. The minimum Gasteiger partial charge on any atom is -0.401 e. The monoisotopic (exact) mass is 503 g/mol. The van der Waals surface area contributed by atoms with E-state index in [-0.39, 0.29) is 24.6 Å². The van der Waals surface area contributed by atoms with Crippen molar-refractivity contribution < 1.29 is 19.0 Å². The summed E-state index contributed by atoms with van der Waals surface area (Å²) < 4.78 is 25.9. The molecular formula is C26H38FN5O4. The molecule has 2 aromatic rings. The highest BCUT2D eigenvalue weighted by Crippen LogP contribution is 2.25. The van der Waals surface area contributed by atoms with E-state index in [1.54, 1.807) is 31.5 Å². The summed E-state index contributed by atoms with van der Waals surface area (Å²) in [4.78, 5) is 16.1. The summed E-state index contributed by atoms with van der Waals surface area (Å²) in [7, 11) is 3.72. The normalized spacial score (nSPS) is 21.5. The van der Waals surface area contributed by atoms with Gasteiger partial charge in [0.15, 0.2) is 6.29 Å². The van der Waals surface area contributed by atoms with E-state index in [2.05, 4.69) is 16.9 Å². The molecule has 0 unspecified atom stereocenters. The molecule has 0 aliphatic carbocycles. The summed E-state index contributed by atoms with van der Waals surface area (Å²) in [5, 5.41) is 11.3. The summed E-state index contributed by atoms with van der Waals surface area (Å²) in [5.41, 5.74) is 8.21. The highest BCUT2D eigenvalue weighted by Gasteiger charge is 2.29. The standard InChI is InChI=1S/C26H38FN5O4/c1-17-10-21(13-26(35-3)36-17)31(2)9-8-20(28)15-32(29)22(16-33)11-18-4-6-23(24(27)12-18)19-5-7-25(34)30-14-19/h4-7,12,14-15,17,21-22,26,33H,8-11,13,16,28-29H2,1-3H3,(H,30,34)/b20-15-/t17-,21+,22+,26-/m1/s1. The van der Waals surface area contributed by atoms with Crippen LogP contribution in [-0.2, 0) is 15.9 Å². The van der Waals surface area contributed by atoms with Gasteiger partial charge >= 0.3 is 0 Å². The Kier molecular flexibility index (Phi) is 10.0. The lowest BCUT2D eigenvalue weighted by atomic mass is 10.0. The van der Waals surface area contributed by atoms with Gasteiger partial charge in [-0.05, 0) is 44.5 Å². The van der Waals surface area contributed by atoms with Gasteiger partial charge in [-0.2, -0.15) is 0 Å². The molecule has 0 amide bonds. The van der Waals surface area contributed by atoms with Crippen molar-refractivity contribution in [3.8, 4) is 11.1 Å². The molecule has 0 saturated carbocycles. The Morgan fingerprint density at radius 3 is 2.78 bits per heavy atom. The number of nitrogens with zero attached hydrogens (tertiary/aromatic N) is 2. The average Bonchev–Trinajstić information content (AvgIpc) is 2.86. The van der Waals surface area contributed by atoms with Crippen molar-refractivity contribution in [2.75, 3.05) is 27.3 Å². The number of aromatic nitrogens is 1. The topological polar surface area (TPSA) is 130 Å². The lowest BCUT2D eigenvalue weighted by Gasteiger charge is -2.38. The number of nitrogens with two attached hydrogens (primary N) is 2. The van der Waals surface area contributed by atoms with Crippen LogP contribution in [0.5, 0.6) is 0 Å². The molecular weight excluding hydrogens is 465 g/mol. The molecule has 198 valence electrons. The molecule has 1 fully saturated rings. The number of halogens is 1. The first-order valence-electron chi connectivity index (χ1n) is 12.2. The summed E-state index contributed by atoms with van der Waals surface area (Å²) >= 11 is 0. The van der Waals surface area contributed by atoms with Crippen LogP contribution in [0.4, 0.5) is 4.39 Å². The van der Waals surface area contributed by atoms with Crippen molar-refractivity contribution >= 4 is 0 Å². The maximum absolute atomic E-state index is 14.8. The maximum Gasteiger partial charge on any atom is 0.247 e. The van der Waals surface area contributed by atoms with Gasteiger partial charge in [-0.3, -0.25) is 4.79 Å². The Bertz CT molecular complexity index is 1060. The number of H-pyrrole nitrogens is 1. The van der Waals surface area contributed by atoms with Gasteiger partial charge in [-0.25, -0.2) is 10.2 Å². The minimum absolute atomic E-state index is 0.129. The van der Waals surface area contributed by atoms with E-state index in [9.17, 15) is 14.3 Å². The van der Waals surface area contributed by atoms with Crippen LogP contribution in [0, 0.1) is 5.82 Å². The van der Waals surface area contributed by atoms with E-state index in [4.69, 9.17) is 21.1 Å². The van der Waals surface area contributed by atoms with Crippen LogP contribution >= 0.6 is 0 Å². The second-order valence-corrected chi connectivity index (χ2v) is 9.42. The molecule has 1 saturated heterocycles. The summed E-state index contributed by atoms with van der Waals surface area (Å²) in [5.74, 6) is 5.78. The zero-order valence-electron chi connectivity index (χ0n) is 21.2. The van der Waals surface area contributed by atoms with Gasteiger partial charge in [0.2, 0.25) is 5.56 Å². The third kappa shape index (κ3) is 7.62. The first kappa shape index (κ1) is 27.8. The van der Waals surface area contributed by atoms with Crippen molar-refractivity contribution in [1.82, 2.24) is 14.9 Å². The van der Waals surface area contributed by atoms with Crippen molar-refractivity contribution in [3.63, 3.8) is 0 Å². The quantitative estimate of drug-likeness (QED) is 0.270. The Morgan fingerprint density at radius 1 is 1.36 bits per heavy atom. The van der Waals surface area contributed by atoms with Crippen LogP contribution in [0.2, 0.25) is 0 Å². The first-order chi connectivity index (χ1) is 17.2. The van der Waals surface area contributed by atoms with Gasteiger partial charge in [0, 0.05) is 67.8 Å². The van der Waals surface area contributed by atoms with Crippen LogP contribution < -0.4 is 17.1 Å². The highest BCUT2D eigenvalue weighted by atomic mass is 19.1. The second kappa shape index (κ2) is 13.0. The molecule has 1 aliphatic heterocycles. The fraction of sp³-hybridized carbons (Fsp3) is 0.500. The zero-order valence-corrected chi connectivity index (χ0v) is 21.2. The predicted molar refractivity (Wildman–Crippen MR) is 137 cm³/mol. The third-order valence-corrected chi connectivity index (χ3v) is 6.64. The number of aromatic amines is 1. The highest BCUT2D eigenvalue weighted by molar-refractivity contribution is 5.63. The van der Waals surface area contributed by atoms with Crippen LogP contribution in [0.1, 0.15) is 31.7 Å². The van der Waals surface area contributed by atoms with E-state index in [0.29, 0.717) is 41.3 Å². The smallest absolute Gasteiger partial charge is 0.247 e. The number of hydrogen-bond acceptors (Lipinski definition) is 8. The van der Waals surface area contributed by atoms with Crippen molar-refractivity contribution in [2.45, 2.75) is 57.1 Å². The average molecular weight is 504 g/mol. The van der Waals surface area contributed by atoms with Crippen LogP contribution in [-0.4, -0.2) is 71.8 Å². The summed E-state index contributed by atoms with van der Waals surface area (Å²) in [6, 6.07) is 7.63. The molecule has 4 atom stereocenters.